The van der Waals surface area contributed by atoms with Gasteiger partial charge in [0.25, 0.3) is 11.8 Å². The van der Waals surface area contributed by atoms with Crippen LogP contribution in [0.3, 0.4) is 0 Å². The lowest BCUT2D eigenvalue weighted by molar-refractivity contribution is 0.0936. The monoisotopic (exact) mass is 610 g/mol. The van der Waals surface area contributed by atoms with Crippen LogP contribution in [0.4, 0.5) is 9.80 Å². The van der Waals surface area contributed by atoms with Crippen LogP contribution in [0.15, 0.2) is 59.5 Å². The van der Waals surface area contributed by atoms with E-state index in [2.05, 4.69) is 32.4 Å². The number of rotatable bonds is 7. The Morgan fingerprint density at radius 1 is 0.905 bits per heavy atom. The summed E-state index contributed by atoms with van der Waals surface area (Å²) in [6.07, 6.45) is 3.38. The summed E-state index contributed by atoms with van der Waals surface area (Å²) in [5.41, 5.74) is 2.46. The minimum Gasteiger partial charge on any atom is -0.453 e. The van der Waals surface area contributed by atoms with Crippen molar-refractivity contribution in [2.75, 3.05) is 32.1 Å². The van der Waals surface area contributed by atoms with Crippen molar-refractivity contribution in [3.8, 4) is 0 Å². The Kier molecular flexibility index (Phi) is 9.37. The lowest BCUT2D eigenvalue weighted by Gasteiger charge is -2.27. The highest BCUT2D eigenvalue weighted by Gasteiger charge is 2.30. The van der Waals surface area contributed by atoms with E-state index in [0.717, 1.165) is 42.7 Å². The number of carbonyl (C=O) groups is 3. The second kappa shape index (κ2) is 13.2. The first-order valence-electron chi connectivity index (χ1n) is 14.0. The number of nitrogens with zero attached hydrogens (tertiary/aromatic N) is 2. The van der Waals surface area contributed by atoms with Crippen molar-refractivity contribution in [3.05, 3.63) is 81.7 Å². The highest BCUT2D eigenvalue weighted by molar-refractivity contribution is 7.89. The number of carbonyl (C=O) groups excluding carboxylic acids is 3. The summed E-state index contributed by atoms with van der Waals surface area (Å²) in [4.78, 5) is 41.6. The van der Waals surface area contributed by atoms with Crippen LogP contribution in [0.1, 0.15) is 62.4 Å². The highest BCUT2D eigenvalue weighted by atomic mass is 32.2. The summed E-state index contributed by atoms with van der Waals surface area (Å²) in [5.74, 6) is -1.13. The van der Waals surface area contributed by atoms with Gasteiger partial charge in [-0.15, -0.1) is 11.3 Å². The maximum atomic E-state index is 13.3. The summed E-state index contributed by atoms with van der Waals surface area (Å²) in [6.45, 7) is 3.03. The van der Waals surface area contributed by atoms with Crippen molar-refractivity contribution in [3.63, 3.8) is 0 Å². The predicted molar refractivity (Wildman–Crippen MR) is 160 cm³/mol. The lowest BCUT2D eigenvalue weighted by atomic mass is 10.0. The molecule has 3 amide bonds. The zero-order valence-electron chi connectivity index (χ0n) is 23.4. The van der Waals surface area contributed by atoms with Crippen molar-refractivity contribution in [1.29, 1.82) is 0 Å². The first-order valence-corrected chi connectivity index (χ1v) is 16.2. The van der Waals surface area contributed by atoms with Crippen molar-refractivity contribution < 1.29 is 27.5 Å². The van der Waals surface area contributed by atoms with Crippen LogP contribution in [-0.2, 0) is 34.3 Å². The third-order valence-electron chi connectivity index (χ3n) is 7.56. The molecule has 222 valence electrons. The van der Waals surface area contributed by atoms with Crippen LogP contribution < -0.4 is 10.6 Å². The zero-order chi connectivity index (χ0) is 29.7. The fourth-order valence-electron chi connectivity index (χ4n) is 5.35. The van der Waals surface area contributed by atoms with Gasteiger partial charge in [0.05, 0.1) is 17.6 Å². The maximum absolute atomic E-state index is 13.3. The standard InChI is InChI=1S/C30H34N4O6S2/c1-40-30(37)32-28(36)26-24-15-18-33(19-21-9-5-4-6-10-21)20-25(24)41-29(26)31-27(35)22-11-13-23(14-12-22)42(38,39)34-16-7-2-3-8-17-34/h4-6,9-14H,2-3,7-8,15-20H2,1H3,(H,31,35)(H,32,36,37). The van der Waals surface area contributed by atoms with E-state index in [-0.39, 0.29) is 16.0 Å². The van der Waals surface area contributed by atoms with E-state index in [9.17, 15) is 22.8 Å². The molecule has 0 atom stereocenters. The van der Waals surface area contributed by atoms with E-state index in [0.29, 0.717) is 37.6 Å². The number of ether oxygens (including phenoxy) is 1. The molecule has 5 rings (SSSR count). The molecule has 2 aromatic carbocycles. The molecule has 2 aliphatic rings. The molecule has 2 aliphatic heterocycles. The molecule has 1 aromatic heterocycles. The molecule has 0 radical (unpaired) electrons. The summed E-state index contributed by atoms with van der Waals surface area (Å²) >= 11 is 1.30. The van der Waals surface area contributed by atoms with Gasteiger partial charge in [-0.2, -0.15) is 4.31 Å². The summed E-state index contributed by atoms with van der Waals surface area (Å²) < 4.78 is 32.4. The summed E-state index contributed by atoms with van der Waals surface area (Å²) in [7, 11) is -2.47. The Morgan fingerprint density at radius 3 is 2.26 bits per heavy atom. The van der Waals surface area contributed by atoms with Crippen LogP contribution in [0, 0.1) is 0 Å². The molecule has 1 saturated heterocycles. The van der Waals surface area contributed by atoms with Gasteiger partial charge in [0.2, 0.25) is 10.0 Å². The second-order valence-corrected chi connectivity index (χ2v) is 13.4. The van der Waals surface area contributed by atoms with Gasteiger partial charge in [0, 0.05) is 43.2 Å². The summed E-state index contributed by atoms with van der Waals surface area (Å²) in [5, 5.41) is 5.38. The van der Waals surface area contributed by atoms with Gasteiger partial charge in [0.15, 0.2) is 0 Å². The minimum absolute atomic E-state index is 0.143. The summed E-state index contributed by atoms with van der Waals surface area (Å²) in [6, 6.07) is 15.9. The fourth-order valence-corrected chi connectivity index (χ4v) is 8.15. The number of methoxy groups -OCH3 is 1. The van der Waals surface area contributed by atoms with Crippen LogP contribution >= 0.6 is 11.3 Å². The minimum atomic E-state index is -3.65. The van der Waals surface area contributed by atoms with E-state index < -0.39 is 27.9 Å². The zero-order valence-corrected chi connectivity index (χ0v) is 25.1. The number of benzene rings is 2. The molecule has 3 aromatic rings. The third-order valence-corrected chi connectivity index (χ3v) is 10.6. The average molecular weight is 611 g/mol. The third kappa shape index (κ3) is 6.73. The molecular formula is C30H34N4O6S2. The largest absolute Gasteiger partial charge is 0.453 e. The first-order chi connectivity index (χ1) is 20.3. The van der Waals surface area contributed by atoms with Gasteiger partial charge in [-0.05, 0) is 54.7 Å². The Balaban J connectivity index is 1.36. The molecule has 0 spiro atoms. The molecule has 10 nitrogen and oxygen atoms in total. The molecule has 3 heterocycles. The Labute approximate surface area is 249 Å². The lowest BCUT2D eigenvalue weighted by Crippen LogP contribution is -2.33. The number of amides is 3. The number of fused-ring (bicyclic) bond motifs is 1. The van der Waals surface area contributed by atoms with Crippen LogP contribution in [0.2, 0.25) is 0 Å². The predicted octanol–water partition coefficient (Wildman–Crippen LogP) is 4.62. The number of hydrogen-bond donors (Lipinski definition) is 2. The number of imide groups is 1. The smallest absolute Gasteiger partial charge is 0.413 e. The van der Waals surface area contributed by atoms with Crippen molar-refractivity contribution in [2.45, 2.75) is 50.1 Å². The van der Waals surface area contributed by atoms with E-state index >= 15 is 0 Å². The van der Waals surface area contributed by atoms with Gasteiger partial charge >= 0.3 is 6.09 Å². The number of anilines is 1. The SMILES string of the molecule is COC(=O)NC(=O)c1c(NC(=O)c2ccc(S(=O)(=O)N3CCCCCC3)cc2)sc2c1CCN(Cc1ccccc1)C2. The molecule has 0 unspecified atom stereocenters. The number of sulfonamides is 1. The van der Waals surface area contributed by atoms with Crippen molar-refractivity contribution in [2.24, 2.45) is 0 Å². The highest BCUT2D eigenvalue weighted by Crippen LogP contribution is 2.38. The second-order valence-electron chi connectivity index (χ2n) is 10.4. The van der Waals surface area contributed by atoms with Crippen molar-refractivity contribution >= 4 is 44.3 Å². The molecular weight excluding hydrogens is 576 g/mol. The normalized spacial score (nSPS) is 16.2. The van der Waals surface area contributed by atoms with Gasteiger partial charge in [-0.1, -0.05) is 43.2 Å². The molecule has 12 heteroatoms. The molecule has 0 aliphatic carbocycles. The average Bonchev–Trinajstić information content (AvgIpc) is 3.14. The molecule has 0 saturated carbocycles. The van der Waals surface area contributed by atoms with Gasteiger partial charge in [-0.25, -0.2) is 13.2 Å². The number of hydrogen-bond acceptors (Lipinski definition) is 8. The Bertz CT molecular complexity index is 1550. The Hall–Kier alpha value is -3.58. The first kappa shape index (κ1) is 29.9. The number of alkyl carbamates (subject to hydrolysis) is 1. The molecule has 42 heavy (non-hydrogen) atoms. The quantitative estimate of drug-likeness (QED) is 0.400. The topological polar surface area (TPSA) is 125 Å². The van der Waals surface area contributed by atoms with Crippen molar-refractivity contribution in [1.82, 2.24) is 14.5 Å². The number of nitrogens with one attached hydrogen (secondary N) is 2. The number of thiophene rings is 1. The molecule has 2 N–H and O–H groups in total. The Morgan fingerprint density at radius 2 is 1.60 bits per heavy atom. The van der Waals surface area contributed by atoms with E-state index in [4.69, 9.17) is 0 Å². The van der Waals surface area contributed by atoms with Crippen LogP contribution in [0.25, 0.3) is 0 Å². The van der Waals surface area contributed by atoms with E-state index in [1.165, 1.54) is 52.6 Å². The van der Waals surface area contributed by atoms with Gasteiger partial charge < -0.3 is 10.1 Å². The maximum Gasteiger partial charge on any atom is 0.413 e. The molecule has 1 fully saturated rings. The fraction of sp³-hybridized carbons (Fsp3) is 0.367. The van der Waals surface area contributed by atoms with E-state index in [1.807, 2.05) is 18.2 Å². The van der Waals surface area contributed by atoms with Crippen LogP contribution in [-0.4, -0.2) is 62.3 Å². The van der Waals surface area contributed by atoms with Crippen LogP contribution in [0.5, 0.6) is 0 Å². The van der Waals surface area contributed by atoms with Gasteiger partial charge in [0.1, 0.15) is 5.00 Å². The molecule has 0 bridgehead atoms. The van der Waals surface area contributed by atoms with Gasteiger partial charge in [-0.3, -0.25) is 19.8 Å². The van der Waals surface area contributed by atoms with E-state index in [1.54, 1.807) is 0 Å².